The van der Waals surface area contributed by atoms with Crippen molar-refractivity contribution in [1.82, 2.24) is 20.5 Å². The number of amides is 2. The molecule has 0 radical (unpaired) electrons. The molecule has 1 atom stereocenters. The average Bonchev–Trinajstić information content (AvgIpc) is 3.42. The van der Waals surface area contributed by atoms with Crippen molar-refractivity contribution < 1.29 is 9.53 Å². The number of anilines is 2. The number of urea groups is 1. The summed E-state index contributed by atoms with van der Waals surface area (Å²) in [7, 11) is 1.69. The first-order valence-corrected chi connectivity index (χ1v) is 10.2. The van der Waals surface area contributed by atoms with Gasteiger partial charge in [-0.05, 0) is 36.6 Å². The Morgan fingerprint density at radius 1 is 1.24 bits per heavy atom. The van der Waals surface area contributed by atoms with Gasteiger partial charge < -0.3 is 15.0 Å². The molecule has 1 aliphatic rings. The second kappa shape index (κ2) is 8.87. The van der Waals surface area contributed by atoms with Crippen molar-refractivity contribution in [3.63, 3.8) is 0 Å². The van der Waals surface area contributed by atoms with E-state index in [1.165, 1.54) is 11.3 Å². The van der Waals surface area contributed by atoms with Crippen LogP contribution in [0.1, 0.15) is 6.42 Å². The van der Waals surface area contributed by atoms with E-state index >= 15 is 0 Å². The summed E-state index contributed by atoms with van der Waals surface area (Å²) in [6, 6.07) is 13.3. The number of nitrogens with one attached hydrogen (secondary N) is 2. The summed E-state index contributed by atoms with van der Waals surface area (Å²) >= 11 is 1.30. The second-order valence-electron chi connectivity index (χ2n) is 6.73. The Morgan fingerprint density at radius 2 is 2.10 bits per heavy atom. The Morgan fingerprint density at radius 3 is 2.93 bits per heavy atom. The van der Waals surface area contributed by atoms with Gasteiger partial charge in [0.25, 0.3) is 0 Å². The highest BCUT2D eigenvalue weighted by molar-refractivity contribution is 7.18. The van der Waals surface area contributed by atoms with Crippen LogP contribution in [0.5, 0.6) is 5.75 Å². The lowest BCUT2D eigenvalue weighted by molar-refractivity contribution is 0.250. The highest BCUT2D eigenvalue weighted by Gasteiger charge is 2.25. The first-order chi connectivity index (χ1) is 14.2. The van der Waals surface area contributed by atoms with Crippen LogP contribution in [-0.4, -0.2) is 48.0 Å². The number of hydrogen-bond acceptors (Lipinski definition) is 7. The maximum absolute atomic E-state index is 12.2. The molecular weight excluding hydrogens is 388 g/mol. The van der Waals surface area contributed by atoms with E-state index in [-0.39, 0.29) is 6.03 Å². The molecule has 2 amide bonds. The zero-order valence-corrected chi connectivity index (χ0v) is 16.9. The number of rotatable bonds is 6. The van der Waals surface area contributed by atoms with Crippen molar-refractivity contribution in [2.75, 3.05) is 37.0 Å². The van der Waals surface area contributed by atoms with E-state index in [1.807, 2.05) is 36.4 Å². The molecule has 2 aromatic heterocycles. The highest BCUT2D eigenvalue weighted by Crippen LogP contribution is 2.31. The van der Waals surface area contributed by atoms with Crippen LogP contribution in [0.15, 0.2) is 48.7 Å². The van der Waals surface area contributed by atoms with Gasteiger partial charge in [0.1, 0.15) is 11.4 Å². The summed E-state index contributed by atoms with van der Waals surface area (Å²) in [5.74, 6) is 1.25. The Balaban J connectivity index is 1.27. The van der Waals surface area contributed by atoms with E-state index in [0.29, 0.717) is 22.6 Å². The fourth-order valence-corrected chi connectivity index (χ4v) is 4.07. The van der Waals surface area contributed by atoms with Gasteiger partial charge in [0.05, 0.1) is 12.8 Å². The van der Waals surface area contributed by atoms with E-state index in [1.54, 1.807) is 13.3 Å². The molecule has 1 aromatic carbocycles. The van der Waals surface area contributed by atoms with Crippen LogP contribution >= 0.6 is 11.3 Å². The molecule has 29 heavy (non-hydrogen) atoms. The zero-order chi connectivity index (χ0) is 20.1. The van der Waals surface area contributed by atoms with Crippen molar-refractivity contribution in [2.45, 2.75) is 6.42 Å². The lowest BCUT2D eigenvalue weighted by Gasteiger charge is -2.21. The van der Waals surface area contributed by atoms with Crippen LogP contribution < -0.4 is 20.3 Å². The highest BCUT2D eigenvalue weighted by atomic mass is 32.1. The number of benzene rings is 1. The fourth-order valence-electron chi connectivity index (χ4n) is 3.35. The third-order valence-electron chi connectivity index (χ3n) is 4.79. The molecule has 150 valence electrons. The Kier molecular flexibility index (Phi) is 5.85. The predicted molar refractivity (Wildman–Crippen MR) is 113 cm³/mol. The van der Waals surface area contributed by atoms with Crippen LogP contribution in [0.3, 0.4) is 0 Å². The van der Waals surface area contributed by atoms with Gasteiger partial charge in [0.2, 0.25) is 5.13 Å². The maximum atomic E-state index is 12.2. The zero-order valence-electron chi connectivity index (χ0n) is 16.0. The van der Waals surface area contributed by atoms with E-state index in [4.69, 9.17) is 4.74 Å². The largest absolute Gasteiger partial charge is 0.495 e. The van der Waals surface area contributed by atoms with Gasteiger partial charge in [-0.1, -0.05) is 29.5 Å². The Hall–Kier alpha value is -3.20. The molecule has 3 aromatic rings. The van der Waals surface area contributed by atoms with Crippen LogP contribution in [0.4, 0.5) is 15.6 Å². The van der Waals surface area contributed by atoms with Gasteiger partial charge >= 0.3 is 6.03 Å². The molecule has 1 unspecified atom stereocenters. The summed E-state index contributed by atoms with van der Waals surface area (Å²) in [6.07, 6.45) is 2.72. The number of ether oxygens (including phenoxy) is 1. The van der Waals surface area contributed by atoms with Gasteiger partial charge in [-0.25, -0.2) is 4.79 Å². The normalized spacial score (nSPS) is 15.9. The van der Waals surface area contributed by atoms with Crippen LogP contribution in [-0.2, 0) is 0 Å². The number of aromatic nitrogens is 3. The van der Waals surface area contributed by atoms with Crippen LogP contribution in [0.2, 0.25) is 0 Å². The predicted octanol–water partition coefficient (Wildman–Crippen LogP) is 3.26. The number of pyridine rings is 1. The smallest absolute Gasteiger partial charge is 0.321 e. The van der Waals surface area contributed by atoms with Crippen molar-refractivity contribution in [2.24, 2.45) is 5.92 Å². The van der Waals surface area contributed by atoms with E-state index in [2.05, 4.69) is 36.8 Å². The molecule has 0 spiro atoms. The molecule has 0 aliphatic carbocycles. The quantitative estimate of drug-likeness (QED) is 0.648. The molecule has 1 saturated heterocycles. The Labute approximate surface area is 172 Å². The first-order valence-electron chi connectivity index (χ1n) is 9.40. The van der Waals surface area contributed by atoms with Gasteiger partial charge in [-0.15, -0.1) is 10.2 Å². The minimum absolute atomic E-state index is 0.274. The van der Waals surface area contributed by atoms with Gasteiger partial charge in [0, 0.05) is 25.8 Å². The molecular formula is C20H22N6O2S. The lowest BCUT2D eigenvalue weighted by Crippen LogP contribution is -2.34. The van der Waals surface area contributed by atoms with Gasteiger partial charge in [-0.2, -0.15) is 0 Å². The van der Waals surface area contributed by atoms with Crippen LogP contribution in [0.25, 0.3) is 10.7 Å². The second-order valence-corrected chi connectivity index (χ2v) is 7.71. The van der Waals surface area contributed by atoms with Crippen molar-refractivity contribution in [3.8, 4) is 16.5 Å². The van der Waals surface area contributed by atoms with Gasteiger partial charge in [0.15, 0.2) is 5.01 Å². The minimum atomic E-state index is -0.274. The Bertz CT molecular complexity index is 964. The standard InChI is InChI=1S/C20H22N6O2S/c1-28-17-8-3-2-7-16(17)26-11-9-14(13-26)12-22-19(27)23-20-25-24-18(29-20)15-6-4-5-10-21-15/h2-8,10,14H,9,11-13H2,1H3,(H2,22,23,25,27). The van der Waals surface area contributed by atoms with E-state index in [9.17, 15) is 4.79 Å². The summed E-state index contributed by atoms with van der Waals surface area (Å²) < 4.78 is 5.45. The minimum Gasteiger partial charge on any atom is -0.495 e. The van der Waals surface area contributed by atoms with Crippen molar-refractivity contribution in [3.05, 3.63) is 48.7 Å². The van der Waals surface area contributed by atoms with Gasteiger partial charge in [-0.3, -0.25) is 10.3 Å². The third kappa shape index (κ3) is 4.62. The van der Waals surface area contributed by atoms with E-state index < -0.39 is 0 Å². The first kappa shape index (κ1) is 19.1. The number of methoxy groups -OCH3 is 1. The summed E-state index contributed by atoms with van der Waals surface area (Å²) in [4.78, 5) is 18.8. The summed E-state index contributed by atoms with van der Waals surface area (Å²) in [5, 5.41) is 14.9. The third-order valence-corrected chi connectivity index (χ3v) is 5.65. The molecule has 4 rings (SSSR count). The molecule has 2 N–H and O–H groups in total. The number of carbonyl (C=O) groups is 1. The maximum Gasteiger partial charge on any atom is 0.321 e. The molecule has 3 heterocycles. The summed E-state index contributed by atoms with van der Waals surface area (Å²) in [5.41, 5.74) is 1.83. The van der Waals surface area contributed by atoms with Crippen molar-refractivity contribution in [1.29, 1.82) is 0 Å². The monoisotopic (exact) mass is 410 g/mol. The molecule has 0 saturated carbocycles. The molecule has 1 aliphatic heterocycles. The topological polar surface area (TPSA) is 92.3 Å². The molecule has 0 bridgehead atoms. The lowest BCUT2D eigenvalue weighted by atomic mass is 10.1. The molecule has 1 fully saturated rings. The molecule has 9 heteroatoms. The molecule has 8 nitrogen and oxygen atoms in total. The van der Waals surface area contributed by atoms with Crippen LogP contribution in [0, 0.1) is 5.92 Å². The average molecular weight is 411 g/mol. The number of nitrogens with zero attached hydrogens (tertiary/aromatic N) is 4. The number of para-hydroxylation sites is 2. The SMILES string of the molecule is COc1ccccc1N1CCC(CNC(=O)Nc2nnc(-c3ccccn3)s2)C1. The van der Waals surface area contributed by atoms with E-state index in [0.717, 1.165) is 36.6 Å². The fraction of sp³-hybridized carbons (Fsp3) is 0.300. The van der Waals surface area contributed by atoms with Crippen molar-refractivity contribution >= 4 is 28.2 Å². The number of carbonyl (C=O) groups excluding carboxylic acids is 1. The number of hydrogen-bond donors (Lipinski definition) is 2. The summed E-state index contributed by atoms with van der Waals surface area (Å²) in [6.45, 7) is 2.42.